The Kier molecular flexibility index (Phi) is 4.33. The van der Waals surface area contributed by atoms with Crippen LogP contribution in [0.15, 0.2) is 18.3 Å². The summed E-state index contributed by atoms with van der Waals surface area (Å²) in [7, 11) is 0. The molecule has 6 nitrogen and oxygen atoms in total. The van der Waals surface area contributed by atoms with E-state index in [0.29, 0.717) is 0 Å². The summed E-state index contributed by atoms with van der Waals surface area (Å²) >= 11 is 0. The molecule has 0 radical (unpaired) electrons. The van der Waals surface area contributed by atoms with Gasteiger partial charge in [-0.15, -0.1) is 0 Å². The number of nitrogens with one attached hydrogen (secondary N) is 1. The Hall–Kier alpha value is -1.96. The van der Waals surface area contributed by atoms with Crippen LogP contribution in [0.1, 0.15) is 10.5 Å². The van der Waals surface area contributed by atoms with Crippen molar-refractivity contribution in [1.29, 1.82) is 0 Å². The van der Waals surface area contributed by atoms with Gasteiger partial charge in [0.15, 0.2) is 0 Å². The Morgan fingerprint density at radius 2 is 2.25 bits per heavy atom. The third-order valence-electron chi connectivity index (χ3n) is 3.11. The van der Waals surface area contributed by atoms with Crippen LogP contribution in [0.25, 0.3) is 0 Å². The largest absolute Gasteiger partial charge is 0.481 e. The minimum absolute atomic E-state index is 0.0261. The van der Waals surface area contributed by atoms with Gasteiger partial charge in [0, 0.05) is 6.20 Å². The molecular formula is C12H14F2N2O4. The quantitative estimate of drug-likeness (QED) is 0.830. The van der Waals surface area contributed by atoms with Crippen molar-refractivity contribution in [2.24, 2.45) is 5.92 Å². The number of aromatic nitrogens is 1. The van der Waals surface area contributed by atoms with E-state index in [1.54, 1.807) is 0 Å². The number of hydrogen-bond donors (Lipinski definition) is 2. The lowest BCUT2D eigenvalue weighted by Crippen LogP contribution is -2.43. The molecule has 0 aromatic carbocycles. The zero-order chi connectivity index (χ0) is 14.7. The van der Waals surface area contributed by atoms with Crippen LogP contribution in [0.3, 0.4) is 0 Å². The molecule has 2 unspecified atom stereocenters. The number of hydrogen-bond acceptors (Lipinski definition) is 3. The van der Waals surface area contributed by atoms with E-state index in [0.717, 1.165) is 4.57 Å². The van der Waals surface area contributed by atoms with Crippen LogP contribution in [0.2, 0.25) is 0 Å². The summed E-state index contributed by atoms with van der Waals surface area (Å²) in [4.78, 5) is 23.0. The van der Waals surface area contributed by atoms with E-state index in [-0.39, 0.29) is 18.9 Å². The number of nitrogens with zero attached hydrogens (tertiary/aromatic N) is 1. The average molecular weight is 288 g/mol. The molecule has 0 saturated carbocycles. The Bertz CT molecular complexity index is 503. The molecule has 2 heterocycles. The fraction of sp³-hybridized carbons (Fsp3) is 0.500. The van der Waals surface area contributed by atoms with Gasteiger partial charge >= 0.3 is 5.97 Å². The van der Waals surface area contributed by atoms with Crippen molar-refractivity contribution in [3.05, 3.63) is 24.0 Å². The van der Waals surface area contributed by atoms with Gasteiger partial charge in [0.25, 0.3) is 12.3 Å². The molecule has 8 heteroatoms. The fourth-order valence-corrected chi connectivity index (χ4v) is 2.11. The number of halogens is 2. The molecule has 2 rings (SSSR count). The third-order valence-corrected chi connectivity index (χ3v) is 3.11. The molecule has 1 amide bonds. The molecule has 110 valence electrons. The third kappa shape index (κ3) is 3.13. The van der Waals surface area contributed by atoms with Gasteiger partial charge in [-0.2, -0.15) is 0 Å². The summed E-state index contributed by atoms with van der Waals surface area (Å²) in [6.45, 7) is -0.462. The van der Waals surface area contributed by atoms with Gasteiger partial charge < -0.3 is 19.7 Å². The number of carbonyl (C=O) groups excluding carboxylic acids is 1. The molecule has 1 aliphatic rings. The number of alkyl halides is 2. The lowest BCUT2D eigenvalue weighted by Gasteiger charge is -2.16. The molecule has 1 aromatic heterocycles. The van der Waals surface area contributed by atoms with Crippen molar-refractivity contribution in [3.8, 4) is 0 Å². The highest BCUT2D eigenvalue weighted by atomic mass is 19.3. The summed E-state index contributed by atoms with van der Waals surface area (Å²) in [5.41, 5.74) is 0.0707. The second kappa shape index (κ2) is 6.00. The number of aliphatic carboxylic acids is 1. The zero-order valence-corrected chi connectivity index (χ0v) is 10.5. The number of amides is 1. The highest BCUT2D eigenvalue weighted by molar-refractivity contribution is 5.93. The summed E-state index contributed by atoms with van der Waals surface area (Å²) < 4.78 is 30.9. The van der Waals surface area contributed by atoms with Crippen LogP contribution in [-0.2, 0) is 16.1 Å². The van der Waals surface area contributed by atoms with Crippen LogP contribution < -0.4 is 5.32 Å². The van der Waals surface area contributed by atoms with E-state index in [9.17, 15) is 18.4 Å². The van der Waals surface area contributed by atoms with E-state index in [4.69, 9.17) is 9.84 Å². The second-order valence-electron chi connectivity index (χ2n) is 4.50. The molecule has 1 aromatic rings. The lowest BCUT2D eigenvalue weighted by atomic mass is 10.0. The zero-order valence-electron chi connectivity index (χ0n) is 10.5. The van der Waals surface area contributed by atoms with Crippen molar-refractivity contribution in [3.63, 3.8) is 0 Å². The fourth-order valence-electron chi connectivity index (χ4n) is 2.11. The Balaban J connectivity index is 2.05. The molecule has 20 heavy (non-hydrogen) atoms. The second-order valence-corrected chi connectivity index (χ2v) is 4.50. The average Bonchev–Trinajstić information content (AvgIpc) is 2.96. The predicted molar refractivity (Wildman–Crippen MR) is 63.6 cm³/mol. The van der Waals surface area contributed by atoms with Gasteiger partial charge in [-0.3, -0.25) is 9.59 Å². The molecule has 2 N–H and O–H groups in total. The van der Waals surface area contributed by atoms with Crippen LogP contribution in [0.5, 0.6) is 0 Å². The van der Waals surface area contributed by atoms with Gasteiger partial charge in [-0.1, -0.05) is 0 Å². The standard InChI is InChI=1S/C12H14F2N2O4/c13-10(14)4-16-3-1-2-9(16)11(17)15-8-6-20-5-7(8)12(18)19/h1-3,7-8,10H,4-6H2,(H,15,17)(H,18,19). The van der Waals surface area contributed by atoms with Crippen molar-refractivity contribution in [1.82, 2.24) is 9.88 Å². The van der Waals surface area contributed by atoms with Gasteiger partial charge in [-0.25, -0.2) is 8.78 Å². The normalized spacial score (nSPS) is 22.1. The van der Waals surface area contributed by atoms with Gasteiger partial charge in [-0.05, 0) is 12.1 Å². The highest BCUT2D eigenvalue weighted by Crippen LogP contribution is 2.15. The molecule has 0 aliphatic carbocycles. The van der Waals surface area contributed by atoms with Crippen LogP contribution in [0.4, 0.5) is 8.78 Å². The van der Waals surface area contributed by atoms with Crippen molar-refractivity contribution >= 4 is 11.9 Å². The molecule has 0 bridgehead atoms. The smallest absolute Gasteiger partial charge is 0.311 e. The van der Waals surface area contributed by atoms with Crippen molar-refractivity contribution in [2.75, 3.05) is 13.2 Å². The van der Waals surface area contributed by atoms with Crippen LogP contribution >= 0.6 is 0 Å². The number of ether oxygens (including phenoxy) is 1. The van der Waals surface area contributed by atoms with Gasteiger partial charge in [0.05, 0.1) is 25.8 Å². The topological polar surface area (TPSA) is 80.6 Å². The molecule has 1 fully saturated rings. The maximum absolute atomic E-state index is 12.4. The van der Waals surface area contributed by atoms with Crippen LogP contribution in [0, 0.1) is 5.92 Å². The van der Waals surface area contributed by atoms with E-state index in [2.05, 4.69) is 5.32 Å². The Morgan fingerprint density at radius 1 is 1.50 bits per heavy atom. The number of carbonyl (C=O) groups is 2. The summed E-state index contributed by atoms with van der Waals surface area (Å²) in [5, 5.41) is 11.5. The SMILES string of the molecule is O=C(NC1COCC1C(=O)O)c1cccn1CC(F)F. The Morgan fingerprint density at radius 3 is 2.90 bits per heavy atom. The van der Waals surface area contributed by atoms with Gasteiger partial charge in [0.1, 0.15) is 11.6 Å². The molecule has 1 saturated heterocycles. The summed E-state index contributed by atoms with van der Waals surface area (Å²) in [6, 6.07) is 2.23. The first kappa shape index (κ1) is 14.4. The lowest BCUT2D eigenvalue weighted by molar-refractivity contribution is -0.142. The molecule has 0 spiro atoms. The molecule has 1 aliphatic heterocycles. The molecule has 2 atom stereocenters. The highest BCUT2D eigenvalue weighted by Gasteiger charge is 2.35. The van der Waals surface area contributed by atoms with E-state index in [1.807, 2.05) is 0 Å². The first-order valence-electron chi connectivity index (χ1n) is 6.03. The Labute approximate surface area is 113 Å². The van der Waals surface area contributed by atoms with E-state index in [1.165, 1.54) is 18.3 Å². The molecular weight excluding hydrogens is 274 g/mol. The minimum Gasteiger partial charge on any atom is -0.481 e. The van der Waals surface area contributed by atoms with Crippen molar-refractivity contribution in [2.45, 2.75) is 19.0 Å². The monoisotopic (exact) mass is 288 g/mol. The number of carboxylic acid groups (broad SMARTS) is 1. The maximum Gasteiger partial charge on any atom is 0.311 e. The van der Waals surface area contributed by atoms with Crippen LogP contribution in [-0.4, -0.2) is 47.2 Å². The minimum atomic E-state index is -2.57. The maximum atomic E-state index is 12.4. The first-order valence-corrected chi connectivity index (χ1v) is 6.03. The predicted octanol–water partition coefficient (Wildman–Crippen LogP) is 0.583. The van der Waals surface area contributed by atoms with Gasteiger partial charge in [0.2, 0.25) is 0 Å². The van der Waals surface area contributed by atoms with E-state index < -0.39 is 36.8 Å². The summed E-state index contributed by atoms with van der Waals surface area (Å²) in [6.07, 6.45) is -1.20. The number of carboxylic acids is 1. The van der Waals surface area contributed by atoms with Crippen molar-refractivity contribution < 1.29 is 28.2 Å². The summed E-state index contributed by atoms with van der Waals surface area (Å²) in [5.74, 6) is -2.47. The number of rotatable bonds is 5. The van der Waals surface area contributed by atoms with E-state index >= 15 is 0 Å². The first-order chi connectivity index (χ1) is 9.49.